The van der Waals surface area contributed by atoms with Gasteiger partial charge in [0.1, 0.15) is 0 Å². The molecule has 1 aliphatic heterocycles. The zero-order valence-corrected chi connectivity index (χ0v) is 12.0. The molecule has 0 spiro atoms. The first-order valence-corrected chi connectivity index (χ1v) is 7.81. The Kier molecular flexibility index (Phi) is 5.16. The van der Waals surface area contributed by atoms with Crippen molar-refractivity contribution in [2.45, 2.75) is 45.0 Å². The Labute approximate surface area is 105 Å². The molecule has 5 heteroatoms. The molecule has 0 radical (unpaired) electrons. The van der Waals surface area contributed by atoms with Gasteiger partial charge in [-0.2, -0.15) is 0 Å². The molecule has 0 aromatic rings. The van der Waals surface area contributed by atoms with E-state index in [4.69, 9.17) is 0 Å². The van der Waals surface area contributed by atoms with Crippen molar-refractivity contribution in [3.8, 4) is 0 Å². The molecule has 1 heterocycles. The molecule has 1 N–H and O–H groups in total. The van der Waals surface area contributed by atoms with Gasteiger partial charge in [0.2, 0.25) is 0 Å². The van der Waals surface area contributed by atoms with E-state index in [1.807, 2.05) is 0 Å². The third-order valence-electron chi connectivity index (χ3n) is 2.94. The third-order valence-corrected chi connectivity index (χ3v) is 4.83. The van der Waals surface area contributed by atoms with Crippen molar-refractivity contribution in [1.29, 1.82) is 0 Å². The van der Waals surface area contributed by atoms with E-state index in [9.17, 15) is 8.42 Å². The lowest BCUT2D eigenvalue weighted by atomic mass is 10.1. The van der Waals surface area contributed by atoms with Crippen LogP contribution in [0.4, 0.5) is 0 Å². The van der Waals surface area contributed by atoms with Crippen LogP contribution in [0.1, 0.15) is 27.7 Å². The van der Waals surface area contributed by atoms with Crippen LogP contribution < -0.4 is 5.32 Å². The number of nitrogens with one attached hydrogen (secondary N) is 1. The first kappa shape index (κ1) is 14.7. The summed E-state index contributed by atoms with van der Waals surface area (Å²) in [6.07, 6.45) is 1.76. The highest BCUT2D eigenvalue weighted by atomic mass is 32.2. The molecule has 2 atom stereocenters. The number of hydrogen-bond donors (Lipinski definition) is 1. The lowest BCUT2D eigenvalue weighted by molar-refractivity contribution is 0.189. The number of rotatable bonds is 4. The molecule has 1 saturated heterocycles. The van der Waals surface area contributed by atoms with Gasteiger partial charge >= 0.3 is 0 Å². The second-order valence-electron chi connectivity index (χ2n) is 5.20. The molecular formula is C12H24N2O2S. The van der Waals surface area contributed by atoms with Crippen LogP contribution in [0.25, 0.3) is 0 Å². The monoisotopic (exact) mass is 260 g/mol. The second kappa shape index (κ2) is 5.98. The van der Waals surface area contributed by atoms with Gasteiger partial charge in [-0.1, -0.05) is 6.08 Å². The molecule has 0 aliphatic carbocycles. The second-order valence-corrected chi connectivity index (χ2v) is 7.59. The van der Waals surface area contributed by atoms with Gasteiger partial charge in [0, 0.05) is 37.1 Å². The van der Waals surface area contributed by atoms with Gasteiger partial charge in [-0.05, 0) is 27.7 Å². The van der Waals surface area contributed by atoms with Crippen LogP contribution in [0.3, 0.4) is 0 Å². The molecule has 0 aromatic carbocycles. The first-order valence-electron chi connectivity index (χ1n) is 6.20. The Bertz CT molecular complexity index is 353. The Balaban J connectivity index is 2.48. The number of piperazine rings is 1. The molecule has 0 bridgehead atoms. The molecule has 1 fully saturated rings. The van der Waals surface area contributed by atoms with E-state index >= 15 is 0 Å². The highest BCUT2D eigenvalue weighted by molar-refractivity contribution is 7.94. The molecule has 2 unspecified atom stereocenters. The highest BCUT2D eigenvalue weighted by Crippen LogP contribution is 2.06. The van der Waals surface area contributed by atoms with Crippen LogP contribution in [0.15, 0.2) is 11.5 Å². The Morgan fingerprint density at radius 1 is 1.29 bits per heavy atom. The maximum Gasteiger partial charge on any atom is 0.173 e. The van der Waals surface area contributed by atoms with Crippen molar-refractivity contribution in [3.63, 3.8) is 0 Å². The van der Waals surface area contributed by atoms with Crippen LogP contribution in [-0.4, -0.2) is 50.3 Å². The summed E-state index contributed by atoms with van der Waals surface area (Å²) >= 11 is 0. The summed E-state index contributed by atoms with van der Waals surface area (Å²) in [7, 11) is -3.05. The first-order chi connectivity index (χ1) is 7.81. The van der Waals surface area contributed by atoms with Crippen LogP contribution in [0, 0.1) is 0 Å². The normalized spacial score (nSPS) is 28.1. The van der Waals surface area contributed by atoms with Gasteiger partial charge in [0.25, 0.3) is 0 Å². The van der Waals surface area contributed by atoms with E-state index in [1.54, 1.807) is 19.9 Å². The summed E-state index contributed by atoms with van der Waals surface area (Å²) in [5.74, 6) is 0. The summed E-state index contributed by atoms with van der Waals surface area (Å²) in [6.45, 7) is 10.4. The van der Waals surface area contributed by atoms with E-state index in [0.29, 0.717) is 18.6 Å². The Hall–Kier alpha value is -0.390. The zero-order chi connectivity index (χ0) is 13.1. The largest absolute Gasteiger partial charge is 0.309 e. The van der Waals surface area contributed by atoms with Crippen molar-refractivity contribution < 1.29 is 8.42 Å². The zero-order valence-electron chi connectivity index (χ0n) is 11.2. The van der Waals surface area contributed by atoms with E-state index in [2.05, 4.69) is 24.1 Å². The molecule has 100 valence electrons. The van der Waals surface area contributed by atoms with Gasteiger partial charge in [-0.25, -0.2) is 8.42 Å². The van der Waals surface area contributed by atoms with Gasteiger partial charge in [0.15, 0.2) is 9.84 Å². The highest BCUT2D eigenvalue weighted by Gasteiger charge is 2.19. The summed E-state index contributed by atoms with van der Waals surface area (Å²) in [5.41, 5.74) is 0. The Morgan fingerprint density at radius 2 is 1.82 bits per heavy atom. The quantitative estimate of drug-likeness (QED) is 0.819. The van der Waals surface area contributed by atoms with Gasteiger partial charge in [-0.3, -0.25) is 4.90 Å². The van der Waals surface area contributed by atoms with Gasteiger partial charge in [-0.15, -0.1) is 0 Å². The SMILES string of the molecule is CC1CN(C/C=C/S(=O)(=O)C(C)C)CC(C)N1. The predicted octanol–water partition coefficient (Wildman–Crippen LogP) is 1.01. The maximum absolute atomic E-state index is 11.6. The number of sulfone groups is 1. The van der Waals surface area contributed by atoms with E-state index < -0.39 is 9.84 Å². The Morgan fingerprint density at radius 3 is 2.29 bits per heavy atom. The molecular weight excluding hydrogens is 236 g/mol. The average Bonchev–Trinajstić information content (AvgIpc) is 2.15. The van der Waals surface area contributed by atoms with E-state index in [0.717, 1.165) is 13.1 Å². The standard InChI is InChI=1S/C12H24N2O2S/c1-10(2)17(15,16)7-5-6-14-8-11(3)13-12(4)9-14/h5,7,10-13H,6,8-9H2,1-4H3/b7-5+. The smallest absolute Gasteiger partial charge is 0.173 e. The summed E-state index contributed by atoms with van der Waals surface area (Å²) in [6, 6.07) is 0.933. The van der Waals surface area contributed by atoms with E-state index in [-0.39, 0.29) is 5.25 Å². The fraction of sp³-hybridized carbons (Fsp3) is 0.833. The summed E-state index contributed by atoms with van der Waals surface area (Å²) < 4.78 is 23.2. The molecule has 0 amide bonds. The van der Waals surface area contributed by atoms with Crippen molar-refractivity contribution in [2.24, 2.45) is 0 Å². The summed E-state index contributed by atoms with van der Waals surface area (Å²) in [5, 5.41) is 4.47. The molecule has 0 saturated carbocycles. The lowest BCUT2D eigenvalue weighted by Gasteiger charge is -2.35. The van der Waals surface area contributed by atoms with Crippen LogP contribution >= 0.6 is 0 Å². The van der Waals surface area contributed by atoms with Crippen molar-refractivity contribution in [2.75, 3.05) is 19.6 Å². The molecule has 1 rings (SSSR count). The van der Waals surface area contributed by atoms with Gasteiger partial charge < -0.3 is 5.32 Å². The van der Waals surface area contributed by atoms with Crippen LogP contribution in [0.2, 0.25) is 0 Å². The fourth-order valence-electron chi connectivity index (χ4n) is 2.07. The average molecular weight is 260 g/mol. The van der Waals surface area contributed by atoms with Gasteiger partial charge in [0.05, 0.1) is 5.25 Å². The minimum atomic E-state index is -3.05. The van der Waals surface area contributed by atoms with Crippen molar-refractivity contribution in [1.82, 2.24) is 10.2 Å². The van der Waals surface area contributed by atoms with Crippen molar-refractivity contribution in [3.05, 3.63) is 11.5 Å². The maximum atomic E-state index is 11.6. The fourth-order valence-corrected chi connectivity index (χ4v) is 2.74. The molecule has 0 aromatic heterocycles. The predicted molar refractivity (Wildman–Crippen MR) is 71.7 cm³/mol. The number of hydrogen-bond acceptors (Lipinski definition) is 4. The number of nitrogens with zero attached hydrogens (tertiary/aromatic N) is 1. The topological polar surface area (TPSA) is 49.4 Å². The minimum absolute atomic E-state index is 0.334. The summed E-state index contributed by atoms with van der Waals surface area (Å²) in [4.78, 5) is 2.28. The molecule has 1 aliphatic rings. The minimum Gasteiger partial charge on any atom is -0.309 e. The molecule has 4 nitrogen and oxygen atoms in total. The van der Waals surface area contributed by atoms with Crippen molar-refractivity contribution >= 4 is 9.84 Å². The van der Waals surface area contributed by atoms with Crippen LogP contribution in [0.5, 0.6) is 0 Å². The van der Waals surface area contributed by atoms with E-state index in [1.165, 1.54) is 5.41 Å². The lowest BCUT2D eigenvalue weighted by Crippen LogP contribution is -2.54. The van der Waals surface area contributed by atoms with Crippen LogP contribution in [-0.2, 0) is 9.84 Å². The molecule has 17 heavy (non-hydrogen) atoms. The third kappa shape index (κ3) is 4.77.